The number of nitrogens with zero attached hydrogens (tertiary/aromatic N) is 2. The molecule has 1 aliphatic carbocycles. The smallest absolute Gasteiger partial charge is 0.241 e. The van der Waals surface area contributed by atoms with Crippen LogP contribution in [0, 0.1) is 12.8 Å². The average molecular weight is 394 g/mol. The number of nitrogens with one attached hydrogen (secondary N) is 1. The number of aryl methyl sites for hydroxylation is 1. The summed E-state index contributed by atoms with van der Waals surface area (Å²) in [4.78, 5) is 0.186. The second kappa shape index (κ2) is 8.39. The Labute approximate surface area is 160 Å². The quantitative estimate of drug-likeness (QED) is 0.734. The molecule has 0 radical (unpaired) electrons. The molecule has 0 aliphatic heterocycles. The Hall–Kier alpha value is -1.93. The van der Waals surface area contributed by atoms with E-state index >= 15 is 0 Å². The van der Waals surface area contributed by atoms with Crippen molar-refractivity contribution in [3.63, 3.8) is 0 Å². The van der Waals surface area contributed by atoms with Crippen LogP contribution in [0.4, 0.5) is 0 Å². The lowest BCUT2D eigenvalue weighted by atomic mass is 10.0. The second-order valence-corrected chi connectivity index (χ2v) is 9.17. The van der Waals surface area contributed by atoms with E-state index in [4.69, 9.17) is 9.15 Å². The Morgan fingerprint density at radius 3 is 2.41 bits per heavy atom. The van der Waals surface area contributed by atoms with Gasteiger partial charge >= 0.3 is 0 Å². The molecule has 1 fully saturated rings. The number of rotatable bonds is 8. The highest BCUT2D eigenvalue weighted by Gasteiger charge is 2.26. The zero-order chi connectivity index (χ0) is 19.4. The third-order valence-electron chi connectivity index (χ3n) is 4.58. The summed E-state index contributed by atoms with van der Waals surface area (Å²) in [5.74, 6) is 1.65. The molecule has 0 spiro atoms. The summed E-state index contributed by atoms with van der Waals surface area (Å²) in [7, 11) is -3.72. The van der Waals surface area contributed by atoms with Gasteiger partial charge in [0, 0.05) is 6.92 Å². The largest absolute Gasteiger partial charge is 0.490 e. The number of sulfonamides is 1. The number of benzene rings is 1. The fraction of sp³-hybridized carbons (Fsp3) is 0.579. The summed E-state index contributed by atoms with van der Waals surface area (Å²) in [6.07, 6.45) is 5.29. The van der Waals surface area contributed by atoms with E-state index in [1.807, 2.05) is 13.8 Å². The van der Waals surface area contributed by atoms with Crippen molar-refractivity contribution in [2.24, 2.45) is 5.92 Å². The number of hydrogen-bond donors (Lipinski definition) is 1. The minimum absolute atomic E-state index is 0.186. The normalized spacial score (nSPS) is 16.7. The maximum atomic E-state index is 12.8. The topological polar surface area (TPSA) is 94.3 Å². The van der Waals surface area contributed by atoms with E-state index in [9.17, 15) is 8.42 Å². The van der Waals surface area contributed by atoms with Crippen molar-refractivity contribution >= 4 is 10.0 Å². The van der Waals surface area contributed by atoms with Gasteiger partial charge in [-0.1, -0.05) is 13.8 Å². The first-order chi connectivity index (χ1) is 12.8. The van der Waals surface area contributed by atoms with Crippen LogP contribution in [0.15, 0.2) is 33.6 Å². The third kappa shape index (κ3) is 5.29. The first kappa shape index (κ1) is 19.8. The van der Waals surface area contributed by atoms with Crippen LogP contribution in [-0.2, 0) is 10.0 Å². The number of ether oxygens (including phenoxy) is 1. The summed E-state index contributed by atoms with van der Waals surface area (Å²) in [5.41, 5.74) is 0. The van der Waals surface area contributed by atoms with Gasteiger partial charge in [-0.25, -0.2) is 8.42 Å². The van der Waals surface area contributed by atoms with Crippen molar-refractivity contribution < 1.29 is 17.6 Å². The molecule has 1 aromatic carbocycles. The SMILES string of the molecule is Cc1nnc(C(CC(C)C)NS(=O)(=O)c2ccc(OC3CCCC3)cc2)o1. The molecule has 1 atom stereocenters. The summed E-state index contributed by atoms with van der Waals surface area (Å²) in [6, 6.07) is 5.99. The molecule has 7 nitrogen and oxygen atoms in total. The fourth-order valence-electron chi connectivity index (χ4n) is 3.27. The van der Waals surface area contributed by atoms with Crippen molar-refractivity contribution in [1.29, 1.82) is 0 Å². The van der Waals surface area contributed by atoms with Gasteiger partial charge in [0.15, 0.2) is 0 Å². The average Bonchev–Trinajstić information content (AvgIpc) is 3.26. The predicted molar refractivity (Wildman–Crippen MR) is 101 cm³/mol. The van der Waals surface area contributed by atoms with Crippen LogP contribution < -0.4 is 9.46 Å². The third-order valence-corrected chi connectivity index (χ3v) is 6.07. The molecule has 1 aromatic heterocycles. The number of aromatic nitrogens is 2. The van der Waals surface area contributed by atoms with Crippen LogP contribution >= 0.6 is 0 Å². The zero-order valence-corrected chi connectivity index (χ0v) is 16.8. The molecule has 1 N–H and O–H groups in total. The Kier molecular flexibility index (Phi) is 6.16. The van der Waals surface area contributed by atoms with E-state index in [1.165, 1.54) is 12.8 Å². The van der Waals surface area contributed by atoms with Crippen LogP contribution in [0.25, 0.3) is 0 Å². The summed E-state index contributed by atoms with van der Waals surface area (Å²) >= 11 is 0. The molecule has 1 aliphatic rings. The van der Waals surface area contributed by atoms with E-state index in [-0.39, 0.29) is 22.8 Å². The van der Waals surface area contributed by atoms with Crippen LogP contribution in [0.3, 0.4) is 0 Å². The molecule has 1 saturated carbocycles. The lowest BCUT2D eigenvalue weighted by molar-refractivity contribution is 0.210. The molecular formula is C19H27N3O4S. The van der Waals surface area contributed by atoms with Crippen molar-refractivity contribution in [3.8, 4) is 5.75 Å². The highest BCUT2D eigenvalue weighted by molar-refractivity contribution is 7.89. The Bertz CT molecular complexity index is 840. The molecule has 27 heavy (non-hydrogen) atoms. The second-order valence-electron chi connectivity index (χ2n) is 7.46. The van der Waals surface area contributed by atoms with Gasteiger partial charge in [-0.2, -0.15) is 4.72 Å². The van der Waals surface area contributed by atoms with Crippen molar-refractivity contribution in [2.45, 2.75) is 69.9 Å². The van der Waals surface area contributed by atoms with Gasteiger partial charge in [-0.05, 0) is 62.3 Å². The highest BCUT2D eigenvalue weighted by Crippen LogP contribution is 2.26. The maximum Gasteiger partial charge on any atom is 0.241 e. The van der Waals surface area contributed by atoms with E-state index in [0.717, 1.165) is 12.8 Å². The van der Waals surface area contributed by atoms with E-state index < -0.39 is 16.1 Å². The highest BCUT2D eigenvalue weighted by atomic mass is 32.2. The molecular weight excluding hydrogens is 366 g/mol. The molecule has 148 valence electrons. The van der Waals surface area contributed by atoms with Crippen LogP contribution in [0.5, 0.6) is 5.75 Å². The van der Waals surface area contributed by atoms with E-state index in [1.54, 1.807) is 31.2 Å². The minimum atomic E-state index is -3.72. The van der Waals surface area contributed by atoms with Crippen molar-refractivity contribution in [1.82, 2.24) is 14.9 Å². The van der Waals surface area contributed by atoms with E-state index in [0.29, 0.717) is 18.1 Å². The van der Waals surface area contributed by atoms with Gasteiger partial charge in [0.1, 0.15) is 11.8 Å². The van der Waals surface area contributed by atoms with Gasteiger partial charge in [-0.15, -0.1) is 10.2 Å². The molecule has 3 rings (SSSR count). The Morgan fingerprint density at radius 2 is 1.85 bits per heavy atom. The molecule has 1 heterocycles. The number of hydrogen-bond acceptors (Lipinski definition) is 6. The van der Waals surface area contributed by atoms with Crippen LogP contribution in [0.1, 0.15) is 63.8 Å². The van der Waals surface area contributed by atoms with Gasteiger partial charge < -0.3 is 9.15 Å². The lowest BCUT2D eigenvalue weighted by Gasteiger charge is -2.18. The van der Waals surface area contributed by atoms with Gasteiger partial charge in [0.2, 0.25) is 21.8 Å². The van der Waals surface area contributed by atoms with Gasteiger partial charge in [0.25, 0.3) is 0 Å². The Balaban J connectivity index is 1.73. The van der Waals surface area contributed by atoms with Gasteiger partial charge in [-0.3, -0.25) is 0 Å². The summed E-state index contributed by atoms with van der Waals surface area (Å²) in [5, 5.41) is 7.79. The molecule has 0 amide bonds. The molecule has 0 bridgehead atoms. The standard InChI is InChI=1S/C19H27N3O4S/c1-13(2)12-18(19-21-20-14(3)25-19)22-27(23,24)17-10-8-16(9-11-17)26-15-6-4-5-7-15/h8-11,13,15,18,22H,4-7,12H2,1-3H3. The molecule has 1 unspecified atom stereocenters. The predicted octanol–water partition coefficient (Wildman–Crippen LogP) is 3.77. The lowest BCUT2D eigenvalue weighted by Crippen LogP contribution is -2.30. The zero-order valence-electron chi connectivity index (χ0n) is 16.0. The molecule has 2 aromatic rings. The van der Waals surface area contributed by atoms with Crippen LogP contribution in [-0.4, -0.2) is 24.7 Å². The summed E-state index contributed by atoms with van der Waals surface area (Å²) < 4.78 is 39.7. The first-order valence-corrected chi connectivity index (χ1v) is 10.9. The fourth-order valence-corrected chi connectivity index (χ4v) is 4.48. The first-order valence-electron chi connectivity index (χ1n) is 9.42. The molecule has 8 heteroatoms. The van der Waals surface area contributed by atoms with Crippen molar-refractivity contribution in [2.75, 3.05) is 0 Å². The van der Waals surface area contributed by atoms with E-state index in [2.05, 4.69) is 14.9 Å². The van der Waals surface area contributed by atoms with Gasteiger partial charge in [0.05, 0.1) is 11.0 Å². The van der Waals surface area contributed by atoms with Crippen LogP contribution in [0.2, 0.25) is 0 Å². The minimum Gasteiger partial charge on any atom is -0.490 e. The monoisotopic (exact) mass is 393 g/mol. The van der Waals surface area contributed by atoms with Crippen molar-refractivity contribution in [3.05, 3.63) is 36.0 Å². The Morgan fingerprint density at radius 1 is 1.19 bits per heavy atom. The maximum absolute atomic E-state index is 12.8. The molecule has 0 saturated heterocycles. The summed E-state index contributed by atoms with van der Waals surface area (Å²) in [6.45, 7) is 5.71.